The molecule has 7 heteroatoms. The number of hydrogen-bond acceptors (Lipinski definition) is 4. The van der Waals surface area contributed by atoms with Crippen molar-refractivity contribution in [1.82, 2.24) is 15.4 Å². The Morgan fingerprint density at radius 3 is 2.39 bits per heavy atom. The number of amides is 1. The van der Waals surface area contributed by atoms with Gasteiger partial charge in [0.15, 0.2) is 0 Å². The average molecular weight is 409 g/mol. The number of rotatable bonds is 4. The Morgan fingerprint density at radius 2 is 1.61 bits per heavy atom. The van der Waals surface area contributed by atoms with Crippen molar-refractivity contribution in [2.75, 3.05) is 5.43 Å². The fourth-order valence-corrected chi connectivity index (χ4v) is 3.09. The van der Waals surface area contributed by atoms with E-state index in [1.165, 1.54) is 0 Å². The van der Waals surface area contributed by atoms with Crippen LogP contribution in [0.3, 0.4) is 0 Å². The monoisotopic (exact) mass is 408 g/mol. The second kappa shape index (κ2) is 7.84. The van der Waals surface area contributed by atoms with E-state index >= 15 is 0 Å². The van der Waals surface area contributed by atoms with Crippen LogP contribution in [-0.2, 0) is 0 Å². The minimum atomic E-state index is -0.340. The lowest BCUT2D eigenvalue weighted by Crippen LogP contribution is -2.30. The largest absolute Gasteiger partial charge is 0.269 e. The van der Waals surface area contributed by atoms with Gasteiger partial charge in [-0.25, -0.2) is 9.97 Å². The predicted octanol–water partition coefficient (Wildman–Crippen LogP) is 5.36. The maximum Gasteiger partial charge on any atom is 0.269 e. The molecule has 28 heavy (non-hydrogen) atoms. The van der Waals surface area contributed by atoms with Crippen molar-refractivity contribution < 1.29 is 4.79 Å². The molecule has 2 N–H and O–H groups in total. The van der Waals surface area contributed by atoms with Gasteiger partial charge in [0.2, 0.25) is 5.95 Å². The Balaban J connectivity index is 1.66. The minimum Gasteiger partial charge on any atom is -0.267 e. The van der Waals surface area contributed by atoms with Crippen molar-refractivity contribution >= 4 is 46.0 Å². The van der Waals surface area contributed by atoms with Crippen LogP contribution in [0.4, 0.5) is 5.95 Å². The van der Waals surface area contributed by atoms with Gasteiger partial charge in [0, 0.05) is 26.6 Å². The molecule has 0 radical (unpaired) electrons. The lowest BCUT2D eigenvalue weighted by molar-refractivity contribution is 0.0962. The first-order valence-corrected chi connectivity index (χ1v) is 9.20. The number of nitrogens with one attached hydrogen (secondary N) is 2. The van der Waals surface area contributed by atoms with Gasteiger partial charge in [-0.05, 0) is 36.4 Å². The number of hydrogen-bond donors (Lipinski definition) is 2. The Kier molecular flexibility index (Phi) is 5.10. The molecular weight excluding hydrogens is 395 g/mol. The van der Waals surface area contributed by atoms with Crippen molar-refractivity contribution in [2.24, 2.45) is 0 Å². The summed E-state index contributed by atoms with van der Waals surface area (Å²) in [5.41, 5.74) is 8.20. The summed E-state index contributed by atoms with van der Waals surface area (Å²) < 4.78 is 0. The quantitative estimate of drug-likeness (QED) is 0.446. The summed E-state index contributed by atoms with van der Waals surface area (Å²) in [4.78, 5) is 21.4. The first kappa shape index (κ1) is 18.2. The summed E-state index contributed by atoms with van der Waals surface area (Å²) in [6, 6.07) is 21.7. The normalized spacial score (nSPS) is 10.6. The zero-order valence-electron chi connectivity index (χ0n) is 14.5. The zero-order valence-corrected chi connectivity index (χ0v) is 16.0. The third kappa shape index (κ3) is 3.91. The van der Waals surface area contributed by atoms with Gasteiger partial charge >= 0.3 is 0 Å². The SMILES string of the molecule is O=C(NNc1nc(-c2ccc(Cl)cc2)c2ccccc2n1)c1cccc(Cl)c1. The number of carbonyl (C=O) groups excluding carboxylic acids is 1. The molecule has 138 valence electrons. The number of fused-ring (bicyclic) bond motifs is 1. The lowest BCUT2D eigenvalue weighted by Gasteiger charge is -2.11. The van der Waals surface area contributed by atoms with E-state index in [9.17, 15) is 4.79 Å². The van der Waals surface area contributed by atoms with Crippen LogP contribution in [0.25, 0.3) is 22.2 Å². The Labute approximate surface area is 171 Å². The van der Waals surface area contributed by atoms with Crippen LogP contribution in [0.15, 0.2) is 72.8 Å². The third-order valence-corrected chi connectivity index (χ3v) is 4.58. The van der Waals surface area contributed by atoms with Gasteiger partial charge < -0.3 is 0 Å². The molecule has 0 atom stereocenters. The van der Waals surface area contributed by atoms with Crippen molar-refractivity contribution in [3.05, 3.63) is 88.4 Å². The molecule has 0 saturated heterocycles. The van der Waals surface area contributed by atoms with Crippen LogP contribution in [0.2, 0.25) is 10.0 Å². The third-order valence-electron chi connectivity index (χ3n) is 4.10. The van der Waals surface area contributed by atoms with Gasteiger partial charge in [0.25, 0.3) is 5.91 Å². The van der Waals surface area contributed by atoms with E-state index < -0.39 is 0 Å². The number of carbonyl (C=O) groups is 1. The number of aromatic nitrogens is 2. The maximum absolute atomic E-state index is 12.3. The highest BCUT2D eigenvalue weighted by Crippen LogP contribution is 2.28. The highest BCUT2D eigenvalue weighted by Gasteiger charge is 2.11. The first-order chi connectivity index (χ1) is 13.6. The molecule has 1 amide bonds. The second-order valence-electron chi connectivity index (χ2n) is 6.01. The summed E-state index contributed by atoms with van der Waals surface area (Å²) in [6.07, 6.45) is 0. The number of para-hydroxylation sites is 1. The van der Waals surface area contributed by atoms with Gasteiger partial charge in [-0.1, -0.05) is 59.6 Å². The van der Waals surface area contributed by atoms with Crippen LogP contribution in [0.5, 0.6) is 0 Å². The minimum absolute atomic E-state index is 0.277. The molecular formula is C21H14Cl2N4O. The topological polar surface area (TPSA) is 66.9 Å². The highest BCUT2D eigenvalue weighted by atomic mass is 35.5. The van der Waals surface area contributed by atoms with Crippen molar-refractivity contribution in [3.8, 4) is 11.3 Å². The van der Waals surface area contributed by atoms with Crippen LogP contribution < -0.4 is 10.9 Å². The number of nitrogens with zero attached hydrogens (tertiary/aromatic N) is 2. The van der Waals surface area contributed by atoms with E-state index in [1.54, 1.807) is 24.3 Å². The standard InChI is InChI=1S/C21H14Cl2N4O/c22-15-10-8-13(9-11-15)19-17-6-1-2-7-18(17)24-21(25-19)27-26-20(28)14-4-3-5-16(23)12-14/h1-12H,(H,26,28)(H,24,25,27). The smallest absolute Gasteiger partial charge is 0.267 e. The van der Waals surface area contributed by atoms with Gasteiger partial charge in [-0.3, -0.25) is 15.6 Å². The predicted molar refractivity (Wildman–Crippen MR) is 113 cm³/mol. The highest BCUT2D eigenvalue weighted by molar-refractivity contribution is 6.31. The molecule has 0 aliphatic carbocycles. The van der Waals surface area contributed by atoms with E-state index in [1.807, 2.05) is 48.5 Å². The molecule has 0 unspecified atom stereocenters. The fraction of sp³-hybridized carbons (Fsp3) is 0. The van der Waals surface area contributed by atoms with E-state index in [2.05, 4.69) is 20.8 Å². The van der Waals surface area contributed by atoms with Crippen LogP contribution in [-0.4, -0.2) is 15.9 Å². The summed E-state index contributed by atoms with van der Waals surface area (Å²) >= 11 is 11.9. The molecule has 4 rings (SSSR count). The van der Waals surface area contributed by atoms with E-state index in [-0.39, 0.29) is 11.9 Å². The molecule has 0 bridgehead atoms. The first-order valence-electron chi connectivity index (χ1n) is 8.45. The summed E-state index contributed by atoms with van der Waals surface area (Å²) in [5.74, 6) is -0.0636. The van der Waals surface area contributed by atoms with Gasteiger partial charge in [-0.15, -0.1) is 0 Å². The van der Waals surface area contributed by atoms with Gasteiger partial charge in [0.05, 0.1) is 11.2 Å². The van der Waals surface area contributed by atoms with Crippen LogP contribution in [0.1, 0.15) is 10.4 Å². The fourth-order valence-electron chi connectivity index (χ4n) is 2.77. The molecule has 0 aliphatic rings. The van der Waals surface area contributed by atoms with Crippen molar-refractivity contribution in [3.63, 3.8) is 0 Å². The molecule has 0 fully saturated rings. The number of hydrazine groups is 1. The lowest BCUT2D eigenvalue weighted by atomic mass is 10.1. The maximum atomic E-state index is 12.3. The van der Waals surface area contributed by atoms with E-state index in [0.717, 1.165) is 22.2 Å². The van der Waals surface area contributed by atoms with Crippen molar-refractivity contribution in [2.45, 2.75) is 0 Å². The molecule has 3 aromatic carbocycles. The summed E-state index contributed by atoms with van der Waals surface area (Å²) in [5, 5.41) is 2.03. The van der Waals surface area contributed by atoms with E-state index in [4.69, 9.17) is 23.2 Å². The van der Waals surface area contributed by atoms with E-state index in [0.29, 0.717) is 15.6 Å². The summed E-state index contributed by atoms with van der Waals surface area (Å²) in [7, 11) is 0. The van der Waals surface area contributed by atoms with Gasteiger partial charge in [0.1, 0.15) is 0 Å². The van der Waals surface area contributed by atoms with Crippen molar-refractivity contribution in [1.29, 1.82) is 0 Å². The number of halogens is 2. The molecule has 0 aliphatic heterocycles. The molecule has 0 saturated carbocycles. The summed E-state index contributed by atoms with van der Waals surface area (Å²) in [6.45, 7) is 0. The average Bonchev–Trinajstić information content (AvgIpc) is 2.72. The Bertz CT molecular complexity index is 1160. The van der Waals surface area contributed by atoms with Crippen LogP contribution >= 0.6 is 23.2 Å². The molecule has 1 heterocycles. The number of benzene rings is 3. The molecule has 4 aromatic rings. The van der Waals surface area contributed by atoms with Crippen LogP contribution in [0, 0.1) is 0 Å². The molecule has 5 nitrogen and oxygen atoms in total. The zero-order chi connectivity index (χ0) is 19.5. The molecule has 0 spiro atoms. The van der Waals surface area contributed by atoms with Gasteiger partial charge in [-0.2, -0.15) is 0 Å². The Hall–Kier alpha value is -3.15. The second-order valence-corrected chi connectivity index (χ2v) is 6.88. The Morgan fingerprint density at radius 1 is 0.821 bits per heavy atom. The number of anilines is 1. The molecule has 1 aromatic heterocycles.